The normalized spacial score (nSPS) is 20.0. The van der Waals surface area contributed by atoms with Gasteiger partial charge in [-0.3, -0.25) is 0 Å². The topological polar surface area (TPSA) is 103 Å². The molecule has 1 aromatic rings. The Bertz CT molecular complexity index is 719. The van der Waals surface area contributed by atoms with Gasteiger partial charge in [-0.25, -0.2) is 0 Å². The van der Waals surface area contributed by atoms with Gasteiger partial charge in [-0.15, -0.1) is 0 Å². The van der Waals surface area contributed by atoms with Gasteiger partial charge in [-0.2, -0.15) is 10.5 Å². The molecule has 3 rings (SSSR count). The predicted octanol–water partition coefficient (Wildman–Crippen LogP) is 2.81. The molecular weight excluding hydrogens is 298 g/mol. The van der Waals surface area contributed by atoms with Gasteiger partial charge in [-0.1, -0.05) is 49.6 Å². The van der Waals surface area contributed by atoms with Crippen LogP contribution in [0.4, 0.5) is 0 Å². The van der Waals surface area contributed by atoms with Crippen LogP contribution < -0.4 is 11.5 Å². The number of nitriles is 2. The molecule has 1 aliphatic carbocycles. The summed E-state index contributed by atoms with van der Waals surface area (Å²) >= 11 is 0. The number of allylic oxidation sites excluding steroid dienone is 2. The fourth-order valence-corrected chi connectivity index (χ4v) is 3.78. The van der Waals surface area contributed by atoms with Crippen LogP contribution in [0.5, 0.6) is 0 Å². The summed E-state index contributed by atoms with van der Waals surface area (Å²) in [7, 11) is 0. The smallest absolute Gasteiger partial charge is 0.120 e. The summed E-state index contributed by atoms with van der Waals surface area (Å²) in [5.41, 5.74) is 14.4. The molecule has 1 aromatic carbocycles. The molecule has 0 atom stereocenters. The SMILES string of the molecule is N#CC1=C(N)N(C2CCCCC2)C(N)=C(C#N)C1c1ccccc1. The molecule has 24 heavy (non-hydrogen) atoms. The monoisotopic (exact) mass is 319 g/mol. The van der Waals surface area contributed by atoms with Crippen LogP contribution in [0.25, 0.3) is 0 Å². The Kier molecular flexibility index (Phi) is 4.44. The number of nitrogens with two attached hydrogens (primary N) is 2. The Morgan fingerprint density at radius 3 is 1.92 bits per heavy atom. The van der Waals surface area contributed by atoms with Crippen LogP contribution in [-0.2, 0) is 0 Å². The lowest BCUT2D eigenvalue weighted by molar-refractivity contribution is 0.231. The van der Waals surface area contributed by atoms with E-state index in [1.165, 1.54) is 6.42 Å². The minimum absolute atomic E-state index is 0.169. The standard InChI is InChI=1S/C19H21N5/c20-11-15-17(13-7-3-1-4-8-13)16(12-21)19(23)24(18(15)22)14-9-5-2-6-10-14/h1,3-4,7-8,14,17H,2,5-6,9-10,22-23H2. The molecule has 1 saturated carbocycles. The summed E-state index contributed by atoms with van der Waals surface area (Å²) in [4.78, 5) is 1.83. The van der Waals surface area contributed by atoms with Crippen molar-refractivity contribution in [2.45, 2.75) is 44.1 Å². The van der Waals surface area contributed by atoms with E-state index < -0.39 is 5.92 Å². The van der Waals surface area contributed by atoms with Crippen LogP contribution in [0.1, 0.15) is 43.6 Å². The molecule has 4 N–H and O–H groups in total. The molecule has 0 spiro atoms. The summed E-state index contributed by atoms with van der Waals surface area (Å²) in [6.07, 6.45) is 5.41. The molecule has 0 radical (unpaired) electrons. The highest BCUT2D eigenvalue weighted by atomic mass is 15.3. The summed E-state index contributed by atoms with van der Waals surface area (Å²) in [5.74, 6) is 0.311. The molecule has 1 fully saturated rings. The average molecular weight is 319 g/mol. The first-order chi connectivity index (χ1) is 11.7. The Morgan fingerprint density at radius 1 is 0.875 bits per heavy atom. The molecule has 0 amide bonds. The maximum absolute atomic E-state index is 9.72. The summed E-state index contributed by atoms with van der Waals surface area (Å²) < 4.78 is 0. The highest BCUT2D eigenvalue weighted by Gasteiger charge is 2.37. The van der Waals surface area contributed by atoms with Gasteiger partial charge in [0.15, 0.2) is 0 Å². The number of hydrogen-bond acceptors (Lipinski definition) is 5. The van der Waals surface area contributed by atoms with Crippen LogP contribution >= 0.6 is 0 Å². The summed E-state index contributed by atoms with van der Waals surface area (Å²) in [5, 5.41) is 19.4. The van der Waals surface area contributed by atoms with Gasteiger partial charge < -0.3 is 16.4 Å². The van der Waals surface area contributed by atoms with Crippen molar-refractivity contribution in [3.05, 3.63) is 58.7 Å². The first-order valence-corrected chi connectivity index (χ1v) is 8.32. The molecule has 0 bridgehead atoms. The van der Waals surface area contributed by atoms with Crippen LogP contribution in [-0.4, -0.2) is 10.9 Å². The van der Waals surface area contributed by atoms with E-state index in [-0.39, 0.29) is 6.04 Å². The summed E-state index contributed by atoms with van der Waals surface area (Å²) in [6, 6.07) is 14.1. The van der Waals surface area contributed by atoms with Crippen molar-refractivity contribution in [2.75, 3.05) is 0 Å². The fraction of sp³-hybridized carbons (Fsp3) is 0.368. The molecule has 1 aliphatic heterocycles. The van der Waals surface area contributed by atoms with Crippen molar-refractivity contribution in [1.82, 2.24) is 4.90 Å². The highest BCUT2D eigenvalue weighted by molar-refractivity contribution is 5.55. The van der Waals surface area contributed by atoms with Crippen molar-refractivity contribution in [3.8, 4) is 12.1 Å². The molecule has 2 aliphatic rings. The Hall–Kier alpha value is -2.92. The van der Waals surface area contributed by atoms with Crippen molar-refractivity contribution < 1.29 is 0 Å². The second-order valence-corrected chi connectivity index (χ2v) is 6.33. The fourth-order valence-electron chi connectivity index (χ4n) is 3.78. The van der Waals surface area contributed by atoms with Crippen LogP contribution in [0.3, 0.4) is 0 Å². The summed E-state index contributed by atoms with van der Waals surface area (Å²) in [6.45, 7) is 0. The van der Waals surface area contributed by atoms with Gasteiger partial charge in [0.2, 0.25) is 0 Å². The zero-order valence-electron chi connectivity index (χ0n) is 13.6. The quantitative estimate of drug-likeness (QED) is 0.872. The zero-order valence-corrected chi connectivity index (χ0v) is 13.6. The molecular formula is C19H21N5. The first-order valence-electron chi connectivity index (χ1n) is 8.32. The molecule has 5 heteroatoms. The van der Waals surface area contributed by atoms with Crippen LogP contribution in [0, 0.1) is 22.7 Å². The Morgan fingerprint density at radius 2 is 1.42 bits per heavy atom. The van der Waals surface area contributed by atoms with E-state index in [0.717, 1.165) is 31.2 Å². The van der Waals surface area contributed by atoms with E-state index in [9.17, 15) is 10.5 Å². The largest absolute Gasteiger partial charge is 0.384 e. The lowest BCUT2D eigenvalue weighted by Gasteiger charge is -2.40. The van der Waals surface area contributed by atoms with Crippen molar-refractivity contribution in [3.63, 3.8) is 0 Å². The van der Waals surface area contributed by atoms with Gasteiger partial charge in [-0.05, 0) is 18.4 Å². The number of benzene rings is 1. The van der Waals surface area contributed by atoms with E-state index in [4.69, 9.17) is 11.5 Å². The third-order valence-electron chi connectivity index (χ3n) is 4.96. The van der Waals surface area contributed by atoms with Crippen LogP contribution in [0.2, 0.25) is 0 Å². The molecule has 0 saturated heterocycles. The lowest BCUT2D eigenvalue weighted by atomic mass is 9.82. The molecule has 122 valence electrons. The van der Waals surface area contributed by atoms with E-state index in [1.807, 2.05) is 35.2 Å². The van der Waals surface area contributed by atoms with Gasteiger partial charge >= 0.3 is 0 Å². The van der Waals surface area contributed by atoms with E-state index in [1.54, 1.807) is 0 Å². The Labute approximate surface area is 142 Å². The van der Waals surface area contributed by atoms with Crippen molar-refractivity contribution in [1.29, 1.82) is 10.5 Å². The maximum atomic E-state index is 9.72. The van der Waals surface area contributed by atoms with Crippen molar-refractivity contribution >= 4 is 0 Å². The van der Waals surface area contributed by atoms with Crippen LogP contribution in [0.15, 0.2) is 53.1 Å². The maximum Gasteiger partial charge on any atom is 0.120 e. The number of hydrogen-bond donors (Lipinski definition) is 2. The number of rotatable bonds is 2. The van der Waals surface area contributed by atoms with E-state index in [2.05, 4.69) is 12.1 Å². The van der Waals surface area contributed by atoms with Crippen molar-refractivity contribution in [2.24, 2.45) is 11.5 Å². The average Bonchev–Trinajstić information content (AvgIpc) is 2.63. The number of nitrogens with zero attached hydrogens (tertiary/aromatic N) is 3. The third-order valence-corrected chi connectivity index (χ3v) is 4.96. The lowest BCUT2D eigenvalue weighted by Crippen LogP contribution is -2.45. The Balaban J connectivity index is 2.12. The molecule has 5 nitrogen and oxygen atoms in total. The van der Waals surface area contributed by atoms with E-state index in [0.29, 0.717) is 22.8 Å². The second kappa shape index (κ2) is 6.68. The zero-order chi connectivity index (χ0) is 17.1. The van der Waals surface area contributed by atoms with Gasteiger partial charge in [0.05, 0.1) is 29.2 Å². The minimum Gasteiger partial charge on any atom is -0.384 e. The van der Waals surface area contributed by atoms with Gasteiger partial charge in [0.1, 0.15) is 11.6 Å². The third kappa shape index (κ3) is 2.59. The minimum atomic E-state index is -0.485. The van der Waals surface area contributed by atoms with Gasteiger partial charge in [0.25, 0.3) is 0 Å². The second-order valence-electron chi connectivity index (χ2n) is 6.33. The molecule has 0 aromatic heterocycles. The van der Waals surface area contributed by atoms with E-state index >= 15 is 0 Å². The predicted molar refractivity (Wildman–Crippen MR) is 91.5 cm³/mol. The first kappa shape index (κ1) is 16.0. The molecule has 1 heterocycles. The highest BCUT2D eigenvalue weighted by Crippen LogP contribution is 2.40. The van der Waals surface area contributed by atoms with Gasteiger partial charge in [0, 0.05) is 6.04 Å². The molecule has 0 unspecified atom stereocenters.